The fourth-order valence-corrected chi connectivity index (χ4v) is 4.52. The van der Waals surface area contributed by atoms with Gasteiger partial charge in [-0.3, -0.25) is 9.80 Å². The number of ether oxygens (including phenoxy) is 2. The van der Waals surface area contributed by atoms with Crippen molar-refractivity contribution in [1.29, 1.82) is 0 Å². The van der Waals surface area contributed by atoms with Crippen LogP contribution >= 0.6 is 0 Å². The maximum absolute atomic E-state index is 5.67. The number of nitrogens with zero attached hydrogens (tertiary/aromatic N) is 2. The van der Waals surface area contributed by atoms with Crippen LogP contribution < -0.4 is 0 Å². The SMILES string of the molecule is c1ccc(CN2CCC[C@H]2[C@H]2CCCN2CC2OCCO2)cc1. The molecule has 4 heteroatoms. The van der Waals surface area contributed by atoms with Crippen molar-refractivity contribution in [3.05, 3.63) is 35.9 Å². The van der Waals surface area contributed by atoms with E-state index in [-0.39, 0.29) is 6.29 Å². The van der Waals surface area contributed by atoms with Crippen LogP contribution in [0.3, 0.4) is 0 Å². The average molecular weight is 316 g/mol. The lowest BCUT2D eigenvalue weighted by molar-refractivity contribution is -0.0678. The van der Waals surface area contributed by atoms with E-state index in [0.717, 1.165) is 26.3 Å². The molecule has 0 spiro atoms. The van der Waals surface area contributed by atoms with Crippen LogP contribution in [0.15, 0.2) is 30.3 Å². The third-order valence-electron chi connectivity index (χ3n) is 5.58. The Bertz CT molecular complexity index is 489. The van der Waals surface area contributed by atoms with Gasteiger partial charge < -0.3 is 9.47 Å². The monoisotopic (exact) mass is 316 g/mol. The Morgan fingerprint density at radius 2 is 1.52 bits per heavy atom. The van der Waals surface area contributed by atoms with Crippen molar-refractivity contribution >= 4 is 0 Å². The molecule has 126 valence electrons. The molecular formula is C19H28N2O2. The van der Waals surface area contributed by atoms with Gasteiger partial charge in [0.2, 0.25) is 0 Å². The zero-order valence-electron chi connectivity index (χ0n) is 13.9. The summed E-state index contributed by atoms with van der Waals surface area (Å²) in [6.07, 6.45) is 5.30. The fourth-order valence-electron chi connectivity index (χ4n) is 4.52. The van der Waals surface area contributed by atoms with Crippen LogP contribution in [0.25, 0.3) is 0 Å². The lowest BCUT2D eigenvalue weighted by atomic mass is 10.0. The largest absolute Gasteiger partial charge is 0.349 e. The highest BCUT2D eigenvalue weighted by atomic mass is 16.7. The van der Waals surface area contributed by atoms with E-state index in [9.17, 15) is 0 Å². The third kappa shape index (κ3) is 3.61. The molecule has 1 aromatic rings. The van der Waals surface area contributed by atoms with Gasteiger partial charge in [0, 0.05) is 25.2 Å². The highest BCUT2D eigenvalue weighted by Crippen LogP contribution is 2.31. The molecule has 23 heavy (non-hydrogen) atoms. The van der Waals surface area contributed by atoms with Crippen LogP contribution in [-0.2, 0) is 16.0 Å². The molecule has 0 bridgehead atoms. The van der Waals surface area contributed by atoms with E-state index in [1.807, 2.05) is 0 Å². The Morgan fingerprint density at radius 1 is 0.870 bits per heavy atom. The highest BCUT2D eigenvalue weighted by molar-refractivity contribution is 5.15. The highest BCUT2D eigenvalue weighted by Gasteiger charge is 2.38. The Labute approximate surface area is 139 Å². The molecule has 0 N–H and O–H groups in total. The molecule has 1 aromatic carbocycles. The maximum Gasteiger partial charge on any atom is 0.170 e. The molecular weight excluding hydrogens is 288 g/mol. The van der Waals surface area contributed by atoms with Crippen LogP contribution in [0, 0.1) is 0 Å². The van der Waals surface area contributed by atoms with Gasteiger partial charge in [0.1, 0.15) is 0 Å². The molecule has 3 fully saturated rings. The quantitative estimate of drug-likeness (QED) is 0.833. The minimum Gasteiger partial charge on any atom is -0.349 e. The van der Waals surface area contributed by atoms with Crippen LogP contribution in [0.5, 0.6) is 0 Å². The Morgan fingerprint density at radius 3 is 2.26 bits per heavy atom. The summed E-state index contributed by atoms with van der Waals surface area (Å²) in [7, 11) is 0. The first-order chi connectivity index (χ1) is 11.4. The van der Waals surface area contributed by atoms with E-state index in [1.54, 1.807) is 0 Å². The fraction of sp³-hybridized carbons (Fsp3) is 0.684. The lowest BCUT2D eigenvalue weighted by Crippen LogP contribution is -2.48. The van der Waals surface area contributed by atoms with Crippen molar-refractivity contribution in [3.63, 3.8) is 0 Å². The van der Waals surface area contributed by atoms with Gasteiger partial charge in [0.05, 0.1) is 13.2 Å². The molecule has 3 aliphatic rings. The van der Waals surface area contributed by atoms with Crippen LogP contribution in [-0.4, -0.2) is 61.0 Å². The summed E-state index contributed by atoms with van der Waals surface area (Å²) >= 11 is 0. The molecule has 3 saturated heterocycles. The summed E-state index contributed by atoms with van der Waals surface area (Å²) < 4.78 is 11.3. The zero-order valence-corrected chi connectivity index (χ0v) is 13.9. The molecule has 4 rings (SSSR count). The van der Waals surface area contributed by atoms with Gasteiger partial charge >= 0.3 is 0 Å². The Balaban J connectivity index is 1.40. The molecule has 0 amide bonds. The first kappa shape index (κ1) is 15.6. The Kier molecular flexibility index (Phi) is 4.95. The topological polar surface area (TPSA) is 24.9 Å². The van der Waals surface area contributed by atoms with E-state index in [4.69, 9.17) is 9.47 Å². The molecule has 0 radical (unpaired) electrons. The van der Waals surface area contributed by atoms with Crippen LogP contribution in [0.2, 0.25) is 0 Å². The lowest BCUT2D eigenvalue weighted by Gasteiger charge is -2.35. The van der Waals surface area contributed by atoms with Crippen molar-refractivity contribution in [1.82, 2.24) is 9.80 Å². The summed E-state index contributed by atoms with van der Waals surface area (Å²) in [5, 5.41) is 0. The number of rotatable bonds is 5. The average Bonchev–Trinajstić information content (AvgIpc) is 3.31. The van der Waals surface area contributed by atoms with Crippen molar-refractivity contribution in [2.75, 3.05) is 32.8 Å². The molecule has 3 heterocycles. The van der Waals surface area contributed by atoms with Crippen molar-refractivity contribution in [3.8, 4) is 0 Å². The first-order valence-corrected chi connectivity index (χ1v) is 9.15. The van der Waals surface area contributed by atoms with E-state index in [2.05, 4.69) is 40.1 Å². The smallest absolute Gasteiger partial charge is 0.170 e. The third-order valence-corrected chi connectivity index (χ3v) is 5.58. The van der Waals surface area contributed by atoms with Gasteiger partial charge in [-0.05, 0) is 44.3 Å². The van der Waals surface area contributed by atoms with E-state index in [0.29, 0.717) is 12.1 Å². The second-order valence-electron chi connectivity index (χ2n) is 7.04. The number of likely N-dealkylation sites (tertiary alicyclic amines) is 2. The summed E-state index contributed by atoms with van der Waals surface area (Å²) in [6.45, 7) is 5.98. The second-order valence-corrected chi connectivity index (χ2v) is 7.04. The molecule has 3 aliphatic heterocycles. The van der Waals surface area contributed by atoms with Gasteiger partial charge in [0.15, 0.2) is 6.29 Å². The summed E-state index contributed by atoms with van der Waals surface area (Å²) in [5.41, 5.74) is 1.44. The molecule has 0 unspecified atom stereocenters. The minimum atomic E-state index is -0.000392. The number of hydrogen-bond acceptors (Lipinski definition) is 4. The van der Waals surface area contributed by atoms with Gasteiger partial charge in [0.25, 0.3) is 0 Å². The number of benzene rings is 1. The second kappa shape index (κ2) is 7.31. The predicted octanol–water partition coefficient (Wildman–Crippen LogP) is 2.49. The van der Waals surface area contributed by atoms with Crippen molar-refractivity contribution in [2.24, 2.45) is 0 Å². The zero-order chi connectivity index (χ0) is 15.5. The number of hydrogen-bond donors (Lipinski definition) is 0. The summed E-state index contributed by atoms with van der Waals surface area (Å²) in [4.78, 5) is 5.33. The van der Waals surface area contributed by atoms with Crippen LogP contribution in [0.4, 0.5) is 0 Å². The van der Waals surface area contributed by atoms with E-state index < -0.39 is 0 Å². The van der Waals surface area contributed by atoms with Crippen LogP contribution in [0.1, 0.15) is 31.2 Å². The van der Waals surface area contributed by atoms with E-state index >= 15 is 0 Å². The Hall–Kier alpha value is -0.940. The molecule has 0 aliphatic carbocycles. The maximum atomic E-state index is 5.67. The first-order valence-electron chi connectivity index (χ1n) is 9.15. The van der Waals surface area contributed by atoms with Gasteiger partial charge in [-0.25, -0.2) is 0 Å². The van der Waals surface area contributed by atoms with Crippen molar-refractivity contribution < 1.29 is 9.47 Å². The predicted molar refractivity (Wildman–Crippen MR) is 90.2 cm³/mol. The molecule has 0 aromatic heterocycles. The molecule has 0 saturated carbocycles. The minimum absolute atomic E-state index is 0.000392. The van der Waals surface area contributed by atoms with Gasteiger partial charge in [-0.15, -0.1) is 0 Å². The normalized spacial score (nSPS) is 30.4. The van der Waals surface area contributed by atoms with Crippen molar-refractivity contribution in [2.45, 2.75) is 50.6 Å². The standard InChI is InChI=1S/C19H28N2O2/c1-2-6-16(7-3-1)14-20-10-4-8-17(20)18-9-5-11-21(18)15-19-22-12-13-23-19/h1-3,6-7,17-19H,4-5,8-15H2/t17-,18+/m0/s1. The summed E-state index contributed by atoms with van der Waals surface area (Å²) in [5.74, 6) is 0. The van der Waals surface area contributed by atoms with E-state index in [1.165, 1.54) is 44.3 Å². The molecule has 4 nitrogen and oxygen atoms in total. The van der Waals surface area contributed by atoms with Gasteiger partial charge in [-0.2, -0.15) is 0 Å². The summed E-state index contributed by atoms with van der Waals surface area (Å²) in [6, 6.07) is 12.3. The van der Waals surface area contributed by atoms with Gasteiger partial charge in [-0.1, -0.05) is 30.3 Å². The molecule has 2 atom stereocenters.